The minimum Gasteiger partial charge on any atom is -0.465 e. The van der Waals surface area contributed by atoms with Gasteiger partial charge in [-0.1, -0.05) is 23.7 Å². The van der Waals surface area contributed by atoms with E-state index in [4.69, 9.17) is 11.6 Å². The van der Waals surface area contributed by atoms with Crippen LogP contribution in [0.3, 0.4) is 0 Å². The lowest BCUT2D eigenvalue weighted by atomic mass is 10.1. The summed E-state index contributed by atoms with van der Waals surface area (Å²) in [4.78, 5) is 15.7. The molecule has 1 fully saturated rings. The van der Waals surface area contributed by atoms with E-state index in [0.29, 0.717) is 18.7 Å². The fourth-order valence-electron chi connectivity index (χ4n) is 3.57. The predicted molar refractivity (Wildman–Crippen MR) is 122 cm³/mol. The summed E-state index contributed by atoms with van der Waals surface area (Å²) in [6.45, 7) is 2.81. The average Bonchev–Trinajstić information content (AvgIpc) is 2.79. The van der Waals surface area contributed by atoms with Crippen molar-refractivity contribution in [2.45, 2.75) is 11.8 Å². The van der Waals surface area contributed by atoms with Gasteiger partial charge in [-0.3, -0.25) is 4.90 Å². The van der Waals surface area contributed by atoms with Crippen LogP contribution in [0, 0.1) is 11.6 Å². The maximum Gasteiger partial charge on any atom is 0.337 e. The molecule has 1 heterocycles. The molecule has 1 aliphatic rings. The average molecular weight is 502 g/mol. The number of esters is 1. The molecule has 0 bridgehead atoms. The summed E-state index contributed by atoms with van der Waals surface area (Å²) in [6.07, 6.45) is 0. The first-order valence-corrected chi connectivity index (χ1v) is 12.2. The highest BCUT2D eigenvalue weighted by Gasteiger charge is 2.31. The fraction of sp³-hybridized carbons (Fsp3) is 0.409. The molecule has 7 nitrogen and oxygen atoms in total. The van der Waals surface area contributed by atoms with Crippen molar-refractivity contribution in [1.29, 1.82) is 0 Å². The van der Waals surface area contributed by atoms with Crippen molar-refractivity contribution in [3.05, 3.63) is 69.7 Å². The van der Waals surface area contributed by atoms with E-state index in [9.17, 15) is 22.0 Å². The monoisotopic (exact) mass is 501 g/mol. The molecular weight excluding hydrogens is 476 g/mol. The second kappa shape index (κ2) is 10.9. The van der Waals surface area contributed by atoms with E-state index in [2.05, 4.69) is 14.4 Å². The number of likely N-dealkylation sites (N-methyl/N-ethyl adjacent to an activating group) is 1. The molecule has 0 amide bonds. The van der Waals surface area contributed by atoms with Crippen LogP contribution in [0.2, 0.25) is 5.02 Å². The van der Waals surface area contributed by atoms with Crippen LogP contribution in [-0.2, 0) is 21.3 Å². The molecular formula is C22H26ClF2N3O4S. The number of carbonyl (C=O) groups excluding carboxylic acids is 1. The second-order valence-electron chi connectivity index (χ2n) is 7.93. The summed E-state index contributed by atoms with van der Waals surface area (Å²) in [5.74, 6) is -2.07. The Balaban J connectivity index is 1.82. The quantitative estimate of drug-likeness (QED) is 0.560. The normalized spacial score (nSPS) is 16.5. The zero-order chi connectivity index (χ0) is 24.2. The summed E-state index contributed by atoms with van der Waals surface area (Å²) in [5, 5.41) is -1.22. The van der Waals surface area contributed by atoms with Crippen LogP contribution < -0.4 is 4.72 Å². The standard InChI is InChI=1S/C22H26ClF2N3O4S/c1-27-7-9-28(10-8-27)14-21(15-5-6-19(24)18(23)11-15)33(30,31)26-13-17-4-3-16(12-20(17)25)22(29)32-2/h3-6,11-12,21,26H,7-10,13-14H2,1-2H3. The van der Waals surface area contributed by atoms with Crippen molar-refractivity contribution in [3.63, 3.8) is 0 Å². The third-order valence-corrected chi connectivity index (χ3v) is 7.65. The van der Waals surface area contributed by atoms with Gasteiger partial charge in [-0.15, -0.1) is 0 Å². The molecule has 2 aromatic rings. The van der Waals surface area contributed by atoms with Crippen LogP contribution in [0.1, 0.15) is 26.7 Å². The Labute approximate surface area is 197 Å². The number of halogens is 3. The molecule has 0 aromatic heterocycles. The van der Waals surface area contributed by atoms with Gasteiger partial charge in [0.25, 0.3) is 0 Å². The lowest BCUT2D eigenvalue weighted by Gasteiger charge is -2.34. The Morgan fingerprint density at radius 1 is 1.12 bits per heavy atom. The largest absolute Gasteiger partial charge is 0.465 e. The van der Waals surface area contributed by atoms with Gasteiger partial charge in [0.2, 0.25) is 10.0 Å². The van der Waals surface area contributed by atoms with Crippen molar-refractivity contribution in [2.75, 3.05) is 46.9 Å². The van der Waals surface area contributed by atoms with Gasteiger partial charge in [-0.05, 0) is 36.9 Å². The lowest BCUT2D eigenvalue weighted by Crippen LogP contribution is -2.47. The Bertz CT molecular complexity index is 1110. The van der Waals surface area contributed by atoms with Gasteiger partial charge >= 0.3 is 5.97 Å². The molecule has 3 rings (SSSR count). The molecule has 1 saturated heterocycles. The van der Waals surface area contributed by atoms with Crippen molar-refractivity contribution in [2.24, 2.45) is 0 Å². The predicted octanol–water partition coefficient (Wildman–Crippen LogP) is 2.81. The van der Waals surface area contributed by atoms with Gasteiger partial charge in [-0.2, -0.15) is 0 Å². The zero-order valence-electron chi connectivity index (χ0n) is 18.4. The highest BCUT2D eigenvalue weighted by Crippen LogP contribution is 2.28. The highest BCUT2D eigenvalue weighted by molar-refractivity contribution is 7.89. The van der Waals surface area contributed by atoms with E-state index < -0.39 is 32.9 Å². The minimum absolute atomic E-state index is 0.0236. The lowest BCUT2D eigenvalue weighted by molar-refractivity contribution is 0.0600. The van der Waals surface area contributed by atoms with Gasteiger partial charge < -0.3 is 9.64 Å². The molecule has 1 aliphatic heterocycles. The third-order valence-electron chi connectivity index (χ3n) is 5.65. The van der Waals surface area contributed by atoms with Crippen LogP contribution >= 0.6 is 11.6 Å². The maximum atomic E-state index is 14.4. The molecule has 1 N–H and O–H groups in total. The van der Waals surface area contributed by atoms with E-state index in [1.807, 2.05) is 11.9 Å². The van der Waals surface area contributed by atoms with E-state index in [0.717, 1.165) is 25.2 Å². The van der Waals surface area contributed by atoms with Crippen molar-refractivity contribution in [1.82, 2.24) is 14.5 Å². The summed E-state index contributed by atoms with van der Waals surface area (Å²) < 4.78 is 61.7. The Morgan fingerprint density at radius 3 is 2.42 bits per heavy atom. The number of nitrogens with zero attached hydrogens (tertiary/aromatic N) is 2. The SMILES string of the molecule is COC(=O)c1ccc(CNS(=O)(=O)C(CN2CCN(C)CC2)c2ccc(F)c(Cl)c2)c(F)c1. The Hall–Kier alpha value is -2.11. The summed E-state index contributed by atoms with van der Waals surface area (Å²) in [7, 11) is -0.831. The molecule has 33 heavy (non-hydrogen) atoms. The van der Waals surface area contributed by atoms with Crippen LogP contribution in [0.25, 0.3) is 0 Å². The number of methoxy groups -OCH3 is 1. The van der Waals surface area contributed by atoms with Gasteiger partial charge in [-0.25, -0.2) is 26.7 Å². The van der Waals surface area contributed by atoms with Crippen LogP contribution in [0.15, 0.2) is 36.4 Å². The molecule has 1 unspecified atom stereocenters. The molecule has 11 heteroatoms. The first-order chi connectivity index (χ1) is 15.6. The van der Waals surface area contributed by atoms with Crippen LogP contribution in [-0.4, -0.2) is 71.1 Å². The van der Waals surface area contributed by atoms with Gasteiger partial charge in [0.15, 0.2) is 0 Å². The van der Waals surface area contributed by atoms with E-state index in [1.54, 1.807) is 0 Å². The Kier molecular flexibility index (Phi) is 8.41. The van der Waals surface area contributed by atoms with Gasteiger partial charge in [0, 0.05) is 44.8 Å². The number of nitrogens with one attached hydrogen (secondary N) is 1. The molecule has 0 aliphatic carbocycles. The molecule has 0 spiro atoms. The van der Waals surface area contributed by atoms with Crippen molar-refractivity contribution < 1.29 is 26.7 Å². The zero-order valence-corrected chi connectivity index (χ0v) is 19.9. The molecule has 0 saturated carbocycles. The summed E-state index contributed by atoms with van der Waals surface area (Å²) >= 11 is 5.92. The molecule has 0 radical (unpaired) electrons. The van der Waals surface area contributed by atoms with Gasteiger partial charge in [0.05, 0.1) is 17.7 Å². The topological polar surface area (TPSA) is 78.9 Å². The number of benzene rings is 2. The highest BCUT2D eigenvalue weighted by atomic mass is 35.5. The first kappa shape index (κ1) is 25.5. The number of hydrogen-bond donors (Lipinski definition) is 1. The van der Waals surface area contributed by atoms with Crippen molar-refractivity contribution >= 4 is 27.6 Å². The maximum absolute atomic E-state index is 14.4. The minimum atomic E-state index is -4.01. The molecule has 1 atom stereocenters. The van der Waals surface area contributed by atoms with Crippen molar-refractivity contribution in [3.8, 4) is 0 Å². The van der Waals surface area contributed by atoms with Gasteiger partial charge in [0.1, 0.15) is 16.9 Å². The third kappa shape index (κ3) is 6.48. The Morgan fingerprint density at radius 2 is 1.82 bits per heavy atom. The van der Waals surface area contributed by atoms with Crippen LogP contribution in [0.4, 0.5) is 8.78 Å². The number of hydrogen-bond acceptors (Lipinski definition) is 6. The second-order valence-corrected chi connectivity index (χ2v) is 10.3. The number of piperazine rings is 1. The van der Waals surface area contributed by atoms with Crippen LogP contribution in [0.5, 0.6) is 0 Å². The van der Waals surface area contributed by atoms with E-state index >= 15 is 0 Å². The smallest absolute Gasteiger partial charge is 0.337 e. The summed E-state index contributed by atoms with van der Waals surface area (Å²) in [5.41, 5.74) is 0.437. The molecule has 2 aromatic carbocycles. The molecule has 180 valence electrons. The fourth-order valence-corrected chi connectivity index (χ4v) is 5.23. The van der Waals surface area contributed by atoms with E-state index in [1.165, 1.54) is 31.4 Å². The number of carbonyl (C=O) groups is 1. The number of rotatable bonds is 8. The van der Waals surface area contributed by atoms with E-state index in [-0.39, 0.29) is 29.2 Å². The first-order valence-electron chi connectivity index (χ1n) is 10.3. The summed E-state index contributed by atoms with van der Waals surface area (Å²) in [6, 6.07) is 7.52. The number of ether oxygens (including phenoxy) is 1. The number of sulfonamides is 1.